The average Bonchev–Trinajstić information content (AvgIpc) is 2.91. The van der Waals surface area contributed by atoms with Gasteiger partial charge in [-0.15, -0.1) is 0 Å². The Bertz CT molecular complexity index is 811. The van der Waals surface area contributed by atoms with Gasteiger partial charge in [0.2, 0.25) is 0 Å². The second-order valence-corrected chi connectivity index (χ2v) is 5.36. The molecular formula is C16H10FN3S. The molecule has 1 aromatic heterocycles. The van der Waals surface area contributed by atoms with Crippen LogP contribution in [0.25, 0.3) is 17.1 Å². The maximum Gasteiger partial charge on any atom is 0.171 e. The highest BCUT2D eigenvalue weighted by Gasteiger charge is 2.06. The number of thioether (sulfide) groups is 1. The van der Waals surface area contributed by atoms with Crippen LogP contribution < -0.4 is 0 Å². The molecule has 3 aromatic rings. The number of nitriles is 1. The number of hydrogen-bond donors (Lipinski definition) is 1. The van der Waals surface area contributed by atoms with Crippen molar-refractivity contribution in [1.29, 1.82) is 5.26 Å². The molecule has 0 radical (unpaired) electrons. The van der Waals surface area contributed by atoms with Crippen molar-refractivity contribution in [2.45, 2.75) is 5.16 Å². The second-order valence-electron chi connectivity index (χ2n) is 4.33. The highest BCUT2D eigenvalue weighted by atomic mass is 32.2. The normalized spacial score (nSPS) is 11.5. The zero-order valence-corrected chi connectivity index (χ0v) is 11.7. The molecule has 21 heavy (non-hydrogen) atoms. The van der Waals surface area contributed by atoms with Crippen LogP contribution in [0.4, 0.5) is 4.39 Å². The SMILES string of the molecule is N#C/C(=C\c1ccc(F)cc1)Sc1nc2ccccc2[nH]1. The Balaban J connectivity index is 1.87. The Labute approximate surface area is 125 Å². The summed E-state index contributed by atoms with van der Waals surface area (Å²) in [7, 11) is 0. The number of nitrogens with one attached hydrogen (secondary N) is 1. The quantitative estimate of drug-likeness (QED) is 0.577. The van der Waals surface area contributed by atoms with Crippen LogP contribution in [0.2, 0.25) is 0 Å². The van der Waals surface area contributed by atoms with E-state index < -0.39 is 0 Å². The van der Waals surface area contributed by atoms with E-state index >= 15 is 0 Å². The predicted octanol–water partition coefficient (Wildman–Crippen LogP) is 4.36. The largest absolute Gasteiger partial charge is 0.333 e. The zero-order chi connectivity index (χ0) is 14.7. The molecule has 0 bridgehead atoms. The number of benzene rings is 2. The first kappa shape index (κ1) is 13.4. The van der Waals surface area contributed by atoms with Gasteiger partial charge in [0.05, 0.1) is 15.9 Å². The van der Waals surface area contributed by atoms with Gasteiger partial charge in [0.25, 0.3) is 0 Å². The first-order chi connectivity index (χ1) is 10.2. The van der Waals surface area contributed by atoms with E-state index in [4.69, 9.17) is 0 Å². The lowest BCUT2D eigenvalue weighted by Crippen LogP contribution is -1.79. The summed E-state index contributed by atoms with van der Waals surface area (Å²) in [6.07, 6.45) is 1.71. The van der Waals surface area contributed by atoms with Crippen LogP contribution in [0.5, 0.6) is 0 Å². The smallest absolute Gasteiger partial charge is 0.171 e. The van der Waals surface area contributed by atoms with Gasteiger partial charge in [-0.3, -0.25) is 0 Å². The number of hydrogen-bond acceptors (Lipinski definition) is 3. The summed E-state index contributed by atoms with van der Waals surface area (Å²) in [5.41, 5.74) is 2.56. The van der Waals surface area contributed by atoms with Crippen molar-refractivity contribution in [2.24, 2.45) is 0 Å². The average molecular weight is 295 g/mol. The van der Waals surface area contributed by atoms with Crippen molar-refractivity contribution < 1.29 is 4.39 Å². The van der Waals surface area contributed by atoms with E-state index in [0.717, 1.165) is 16.6 Å². The number of rotatable bonds is 3. The Hall–Kier alpha value is -2.58. The van der Waals surface area contributed by atoms with Crippen LogP contribution >= 0.6 is 11.8 Å². The van der Waals surface area contributed by atoms with E-state index in [1.165, 1.54) is 23.9 Å². The van der Waals surface area contributed by atoms with Crippen molar-refractivity contribution in [3.8, 4) is 6.07 Å². The standard InChI is InChI=1S/C16H10FN3S/c17-12-7-5-11(6-8-12)9-13(10-18)21-16-19-14-3-1-2-4-15(14)20-16/h1-9H,(H,19,20)/b13-9+. The van der Waals surface area contributed by atoms with Crippen LogP contribution in [-0.2, 0) is 0 Å². The Kier molecular flexibility index (Phi) is 3.71. The van der Waals surface area contributed by atoms with Crippen LogP contribution in [0.1, 0.15) is 5.56 Å². The summed E-state index contributed by atoms with van der Waals surface area (Å²) in [6, 6.07) is 15.8. The molecule has 0 fully saturated rings. The third kappa shape index (κ3) is 3.12. The number of halogens is 1. The fraction of sp³-hybridized carbons (Fsp3) is 0. The number of nitrogens with zero attached hydrogens (tertiary/aromatic N) is 2. The van der Waals surface area contributed by atoms with Gasteiger partial charge in [-0.2, -0.15) is 5.26 Å². The summed E-state index contributed by atoms with van der Waals surface area (Å²) in [5.74, 6) is -0.296. The van der Waals surface area contributed by atoms with Crippen LogP contribution in [0, 0.1) is 17.1 Å². The highest BCUT2D eigenvalue weighted by molar-refractivity contribution is 8.03. The molecule has 3 nitrogen and oxygen atoms in total. The second kappa shape index (κ2) is 5.81. The van der Waals surface area contributed by atoms with E-state index in [1.807, 2.05) is 24.3 Å². The van der Waals surface area contributed by atoms with E-state index in [9.17, 15) is 9.65 Å². The maximum atomic E-state index is 12.9. The lowest BCUT2D eigenvalue weighted by atomic mass is 10.2. The van der Waals surface area contributed by atoms with Gasteiger partial charge in [-0.1, -0.05) is 24.3 Å². The van der Waals surface area contributed by atoms with Crippen LogP contribution in [0.15, 0.2) is 58.6 Å². The van der Waals surface area contributed by atoms with Gasteiger partial charge in [0, 0.05) is 0 Å². The number of imidazole rings is 1. The highest BCUT2D eigenvalue weighted by Crippen LogP contribution is 2.27. The summed E-state index contributed by atoms with van der Waals surface area (Å²) in [5, 5.41) is 9.88. The molecule has 0 amide bonds. The molecule has 0 aliphatic carbocycles. The molecule has 0 aliphatic rings. The van der Waals surface area contributed by atoms with Crippen molar-refractivity contribution in [3.63, 3.8) is 0 Å². The van der Waals surface area contributed by atoms with Gasteiger partial charge in [0.15, 0.2) is 5.16 Å². The first-order valence-electron chi connectivity index (χ1n) is 6.24. The van der Waals surface area contributed by atoms with Crippen LogP contribution in [-0.4, -0.2) is 9.97 Å². The molecule has 102 valence electrons. The summed E-state index contributed by atoms with van der Waals surface area (Å²) >= 11 is 1.25. The lowest BCUT2D eigenvalue weighted by molar-refractivity contribution is 0.628. The van der Waals surface area contributed by atoms with Crippen LogP contribution in [0.3, 0.4) is 0 Å². The fourth-order valence-corrected chi connectivity index (χ4v) is 2.63. The minimum Gasteiger partial charge on any atom is -0.333 e. The van der Waals surface area contributed by atoms with Crippen molar-refractivity contribution in [1.82, 2.24) is 9.97 Å². The van der Waals surface area contributed by atoms with Crippen molar-refractivity contribution >= 4 is 28.9 Å². The monoisotopic (exact) mass is 295 g/mol. The number of aromatic amines is 1. The molecule has 2 aromatic carbocycles. The number of aromatic nitrogens is 2. The Morgan fingerprint density at radius 2 is 1.95 bits per heavy atom. The lowest BCUT2D eigenvalue weighted by Gasteiger charge is -1.96. The number of fused-ring (bicyclic) bond motifs is 1. The van der Waals surface area contributed by atoms with Crippen molar-refractivity contribution in [3.05, 3.63) is 64.8 Å². The third-order valence-electron chi connectivity index (χ3n) is 2.85. The van der Waals surface area contributed by atoms with E-state index in [2.05, 4.69) is 16.0 Å². The summed E-state index contributed by atoms with van der Waals surface area (Å²) < 4.78 is 12.9. The molecule has 5 heteroatoms. The molecule has 1 heterocycles. The molecule has 1 N–H and O–H groups in total. The molecule has 0 unspecified atom stereocenters. The van der Waals surface area contributed by atoms with Crippen molar-refractivity contribution in [2.75, 3.05) is 0 Å². The predicted molar refractivity (Wildman–Crippen MR) is 81.9 cm³/mol. The first-order valence-corrected chi connectivity index (χ1v) is 7.06. The number of para-hydroxylation sites is 2. The minimum atomic E-state index is -0.296. The fourth-order valence-electron chi connectivity index (χ4n) is 1.88. The van der Waals surface area contributed by atoms with E-state index in [-0.39, 0.29) is 5.82 Å². The van der Waals surface area contributed by atoms with Gasteiger partial charge >= 0.3 is 0 Å². The van der Waals surface area contributed by atoms with Gasteiger partial charge < -0.3 is 4.98 Å². The molecule has 0 aliphatic heterocycles. The topological polar surface area (TPSA) is 52.5 Å². The zero-order valence-electron chi connectivity index (χ0n) is 10.9. The van der Waals surface area contributed by atoms with E-state index in [0.29, 0.717) is 10.1 Å². The summed E-state index contributed by atoms with van der Waals surface area (Å²) in [4.78, 5) is 8.05. The summed E-state index contributed by atoms with van der Waals surface area (Å²) in [6.45, 7) is 0. The maximum absolute atomic E-state index is 12.9. The molecule has 0 saturated carbocycles. The Morgan fingerprint density at radius 1 is 1.19 bits per heavy atom. The van der Waals surface area contributed by atoms with E-state index in [1.54, 1.807) is 18.2 Å². The van der Waals surface area contributed by atoms with Gasteiger partial charge in [-0.05, 0) is 47.7 Å². The molecule has 3 rings (SSSR count). The molecule has 0 saturated heterocycles. The Morgan fingerprint density at radius 3 is 2.67 bits per heavy atom. The van der Waals surface area contributed by atoms with Gasteiger partial charge in [-0.25, -0.2) is 9.37 Å². The van der Waals surface area contributed by atoms with Gasteiger partial charge in [0.1, 0.15) is 11.9 Å². The molecule has 0 atom stereocenters. The number of allylic oxidation sites excluding steroid dienone is 1. The number of H-pyrrole nitrogens is 1. The molecule has 0 spiro atoms. The minimum absolute atomic E-state index is 0.296. The molecular weight excluding hydrogens is 285 g/mol. The third-order valence-corrected chi connectivity index (χ3v) is 3.67.